The van der Waals surface area contributed by atoms with Crippen molar-refractivity contribution in [2.24, 2.45) is 0 Å². The minimum atomic E-state index is 0.0435. The summed E-state index contributed by atoms with van der Waals surface area (Å²) in [5.41, 5.74) is 5.55. The molecule has 3 N–H and O–H groups in total. The molecule has 0 aliphatic heterocycles. The van der Waals surface area contributed by atoms with Crippen LogP contribution in [0.4, 0.5) is 11.8 Å². The first kappa shape index (κ1) is 11.7. The van der Waals surface area contributed by atoms with Crippen molar-refractivity contribution in [3.8, 4) is 0 Å². The fourth-order valence-corrected chi connectivity index (χ4v) is 1.15. The molecule has 0 unspecified atom stereocenters. The molecule has 84 valence electrons. The molecule has 1 rings (SSSR count). The molecule has 0 aliphatic rings. The quantitative estimate of drug-likeness (QED) is 0.661. The molecule has 0 atom stereocenters. The number of nitrogen functional groups attached to an aromatic ring is 1. The first-order valence-electron chi connectivity index (χ1n) is 4.71. The Hall–Kier alpha value is -1.40. The van der Waals surface area contributed by atoms with E-state index >= 15 is 0 Å². The highest BCUT2D eigenvalue weighted by Crippen LogP contribution is 2.07. The number of methoxy groups -OCH3 is 1. The van der Waals surface area contributed by atoms with E-state index in [1.54, 1.807) is 19.4 Å². The van der Waals surface area contributed by atoms with Crippen LogP contribution in [0.25, 0.3) is 0 Å². The first-order chi connectivity index (χ1) is 7.27. The van der Waals surface area contributed by atoms with Crippen molar-refractivity contribution in [1.82, 2.24) is 9.97 Å². The molecule has 0 aromatic carbocycles. The van der Waals surface area contributed by atoms with Crippen LogP contribution < -0.4 is 10.6 Å². The lowest BCUT2D eigenvalue weighted by atomic mass is 10.5. The molecule has 0 saturated carbocycles. The third kappa shape index (κ3) is 3.69. The summed E-state index contributed by atoms with van der Waals surface area (Å²) in [6, 6.07) is 1.62. The lowest BCUT2D eigenvalue weighted by molar-refractivity contribution is 0.202. The standard InChI is InChI=1S/C9H16N4O2/c1-15-7-5-13(4-6-14)9-11-3-2-8(10)12-9/h2-3,14H,4-7H2,1H3,(H2,10,11,12). The maximum Gasteiger partial charge on any atom is 0.227 e. The number of nitrogens with zero attached hydrogens (tertiary/aromatic N) is 3. The SMILES string of the molecule is COCCN(CCO)c1nccc(N)n1. The number of rotatable bonds is 6. The number of aromatic nitrogens is 2. The van der Waals surface area contributed by atoms with Crippen molar-refractivity contribution in [3.05, 3.63) is 12.3 Å². The zero-order chi connectivity index (χ0) is 11.1. The van der Waals surface area contributed by atoms with Gasteiger partial charge in [-0.3, -0.25) is 0 Å². The van der Waals surface area contributed by atoms with Crippen molar-refractivity contribution in [2.45, 2.75) is 0 Å². The number of aliphatic hydroxyl groups is 1. The highest BCUT2D eigenvalue weighted by Gasteiger charge is 2.08. The lowest BCUT2D eigenvalue weighted by Gasteiger charge is -2.20. The second kappa shape index (κ2) is 6.15. The summed E-state index contributed by atoms with van der Waals surface area (Å²) in [6.07, 6.45) is 1.59. The second-order valence-electron chi connectivity index (χ2n) is 2.98. The Kier molecular flexibility index (Phi) is 4.79. The summed E-state index contributed by atoms with van der Waals surface area (Å²) in [7, 11) is 1.62. The van der Waals surface area contributed by atoms with Crippen LogP contribution in [-0.2, 0) is 4.74 Å². The molecule has 15 heavy (non-hydrogen) atoms. The summed E-state index contributed by atoms with van der Waals surface area (Å²) >= 11 is 0. The minimum Gasteiger partial charge on any atom is -0.395 e. The van der Waals surface area contributed by atoms with Crippen LogP contribution in [-0.4, -0.2) is 48.5 Å². The summed E-state index contributed by atoms with van der Waals surface area (Å²) in [4.78, 5) is 9.97. The zero-order valence-electron chi connectivity index (χ0n) is 8.76. The Morgan fingerprint density at radius 1 is 1.53 bits per heavy atom. The topological polar surface area (TPSA) is 84.5 Å². The molecule has 0 saturated heterocycles. The van der Waals surface area contributed by atoms with Crippen molar-refractivity contribution in [1.29, 1.82) is 0 Å². The van der Waals surface area contributed by atoms with Gasteiger partial charge in [0, 0.05) is 26.4 Å². The molecule has 6 nitrogen and oxygen atoms in total. The zero-order valence-corrected chi connectivity index (χ0v) is 8.76. The van der Waals surface area contributed by atoms with E-state index in [2.05, 4.69) is 9.97 Å². The van der Waals surface area contributed by atoms with Gasteiger partial charge in [0.15, 0.2) is 0 Å². The van der Waals surface area contributed by atoms with Crippen molar-refractivity contribution in [2.75, 3.05) is 44.0 Å². The van der Waals surface area contributed by atoms with Crippen LogP contribution >= 0.6 is 0 Å². The molecular formula is C9H16N4O2. The van der Waals surface area contributed by atoms with E-state index in [4.69, 9.17) is 15.6 Å². The predicted molar refractivity (Wildman–Crippen MR) is 57.6 cm³/mol. The van der Waals surface area contributed by atoms with Crippen LogP contribution in [0.2, 0.25) is 0 Å². The van der Waals surface area contributed by atoms with Gasteiger partial charge in [-0.1, -0.05) is 0 Å². The number of nitrogens with two attached hydrogens (primary N) is 1. The Morgan fingerprint density at radius 2 is 2.33 bits per heavy atom. The van der Waals surface area contributed by atoms with Crippen molar-refractivity contribution < 1.29 is 9.84 Å². The van der Waals surface area contributed by atoms with E-state index in [1.165, 1.54) is 0 Å². The van der Waals surface area contributed by atoms with Gasteiger partial charge in [-0.05, 0) is 6.07 Å². The van der Waals surface area contributed by atoms with Crippen LogP contribution in [0.1, 0.15) is 0 Å². The number of hydrogen-bond acceptors (Lipinski definition) is 6. The maximum atomic E-state index is 8.90. The van der Waals surface area contributed by atoms with Gasteiger partial charge in [0.1, 0.15) is 5.82 Å². The summed E-state index contributed by atoms with van der Waals surface area (Å²) in [6.45, 7) is 1.69. The summed E-state index contributed by atoms with van der Waals surface area (Å²) in [5, 5.41) is 8.90. The minimum absolute atomic E-state index is 0.0435. The molecule has 0 spiro atoms. The molecule has 1 aromatic heterocycles. The van der Waals surface area contributed by atoms with Crippen LogP contribution in [0.15, 0.2) is 12.3 Å². The predicted octanol–water partition coefficient (Wildman–Crippen LogP) is -0.496. The fourth-order valence-electron chi connectivity index (χ4n) is 1.15. The number of aliphatic hydroxyl groups excluding tert-OH is 1. The fraction of sp³-hybridized carbons (Fsp3) is 0.556. The number of anilines is 2. The maximum absolute atomic E-state index is 8.90. The summed E-state index contributed by atoms with van der Waals surface area (Å²) in [5.74, 6) is 0.932. The van der Waals surface area contributed by atoms with Gasteiger partial charge in [-0.15, -0.1) is 0 Å². The average Bonchev–Trinajstić information content (AvgIpc) is 2.24. The van der Waals surface area contributed by atoms with E-state index in [1.807, 2.05) is 4.90 Å². The third-order valence-electron chi connectivity index (χ3n) is 1.88. The number of hydrogen-bond donors (Lipinski definition) is 2. The Balaban J connectivity index is 2.69. The Labute approximate surface area is 88.7 Å². The van der Waals surface area contributed by atoms with Crippen LogP contribution in [0.5, 0.6) is 0 Å². The van der Waals surface area contributed by atoms with E-state index in [9.17, 15) is 0 Å². The van der Waals surface area contributed by atoms with E-state index in [0.717, 1.165) is 0 Å². The van der Waals surface area contributed by atoms with Crippen molar-refractivity contribution in [3.63, 3.8) is 0 Å². The monoisotopic (exact) mass is 212 g/mol. The first-order valence-corrected chi connectivity index (χ1v) is 4.71. The van der Waals surface area contributed by atoms with Gasteiger partial charge in [0.25, 0.3) is 0 Å². The summed E-state index contributed by atoms with van der Waals surface area (Å²) < 4.78 is 4.96. The Morgan fingerprint density at radius 3 is 2.93 bits per heavy atom. The van der Waals surface area contributed by atoms with Crippen LogP contribution in [0.3, 0.4) is 0 Å². The van der Waals surface area contributed by atoms with Gasteiger partial charge in [0.05, 0.1) is 13.2 Å². The van der Waals surface area contributed by atoms with E-state index < -0.39 is 0 Å². The molecule has 0 radical (unpaired) electrons. The van der Waals surface area contributed by atoms with Gasteiger partial charge in [-0.2, -0.15) is 4.98 Å². The largest absolute Gasteiger partial charge is 0.395 e. The average molecular weight is 212 g/mol. The van der Waals surface area contributed by atoms with Gasteiger partial charge >= 0.3 is 0 Å². The highest BCUT2D eigenvalue weighted by molar-refractivity contribution is 5.37. The molecule has 0 fully saturated rings. The van der Waals surface area contributed by atoms with Gasteiger partial charge in [-0.25, -0.2) is 4.98 Å². The smallest absolute Gasteiger partial charge is 0.227 e. The molecular weight excluding hydrogens is 196 g/mol. The molecule has 0 aliphatic carbocycles. The molecule has 0 amide bonds. The normalized spacial score (nSPS) is 10.3. The van der Waals surface area contributed by atoms with Crippen molar-refractivity contribution >= 4 is 11.8 Å². The molecule has 1 heterocycles. The Bertz CT molecular complexity index is 295. The van der Waals surface area contributed by atoms with Gasteiger partial charge < -0.3 is 20.5 Å². The van der Waals surface area contributed by atoms with E-state index in [0.29, 0.717) is 31.5 Å². The second-order valence-corrected chi connectivity index (χ2v) is 2.98. The molecule has 0 bridgehead atoms. The molecule has 6 heteroatoms. The van der Waals surface area contributed by atoms with Crippen LogP contribution in [0, 0.1) is 0 Å². The van der Waals surface area contributed by atoms with Gasteiger partial charge in [0.2, 0.25) is 5.95 Å². The van der Waals surface area contributed by atoms with E-state index in [-0.39, 0.29) is 6.61 Å². The highest BCUT2D eigenvalue weighted by atomic mass is 16.5. The molecule has 1 aromatic rings. The lowest BCUT2D eigenvalue weighted by Crippen LogP contribution is -2.31. The third-order valence-corrected chi connectivity index (χ3v) is 1.88. The number of ether oxygens (including phenoxy) is 1.